The van der Waals surface area contributed by atoms with Crippen LogP contribution in [0.15, 0.2) is 65.6 Å². The van der Waals surface area contributed by atoms with Crippen molar-refractivity contribution in [2.75, 3.05) is 19.5 Å². The molecule has 0 saturated heterocycles. The van der Waals surface area contributed by atoms with E-state index in [1.165, 1.54) is 11.3 Å². The molecule has 3 heterocycles. The molecule has 0 atom stereocenters. The molecule has 7 nitrogen and oxygen atoms in total. The number of methoxy groups -OCH3 is 2. The number of benzene rings is 2. The van der Waals surface area contributed by atoms with Crippen molar-refractivity contribution in [2.45, 2.75) is 0 Å². The lowest BCUT2D eigenvalue weighted by molar-refractivity contribution is 0.102. The zero-order chi connectivity index (χ0) is 22.1. The van der Waals surface area contributed by atoms with Crippen LogP contribution in [0.3, 0.4) is 0 Å². The molecule has 0 unspecified atom stereocenters. The smallest absolute Gasteiger partial charge is 0.275 e. The van der Waals surface area contributed by atoms with Gasteiger partial charge in [0.05, 0.1) is 19.9 Å². The Morgan fingerprint density at radius 2 is 1.75 bits per heavy atom. The Morgan fingerprint density at radius 1 is 0.969 bits per heavy atom. The van der Waals surface area contributed by atoms with E-state index < -0.39 is 0 Å². The number of aromatic nitrogens is 3. The maximum atomic E-state index is 12.7. The van der Waals surface area contributed by atoms with Crippen LogP contribution in [-0.2, 0) is 0 Å². The Balaban J connectivity index is 1.30. The molecule has 1 N–H and O–H groups in total. The van der Waals surface area contributed by atoms with Crippen molar-refractivity contribution in [1.82, 2.24) is 14.4 Å². The molecule has 2 aromatic carbocycles. The van der Waals surface area contributed by atoms with Crippen LogP contribution in [0.1, 0.15) is 10.5 Å². The van der Waals surface area contributed by atoms with Crippen LogP contribution in [-0.4, -0.2) is 34.5 Å². The highest BCUT2D eigenvalue weighted by atomic mass is 32.1. The van der Waals surface area contributed by atoms with Crippen LogP contribution in [0.2, 0.25) is 0 Å². The van der Waals surface area contributed by atoms with Gasteiger partial charge < -0.3 is 14.8 Å². The van der Waals surface area contributed by atoms with Gasteiger partial charge in [-0.15, -0.1) is 22.7 Å². The molecule has 0 aliphatic heterocycles. The largest absolute Gasteiger partial charge is 0.493 e. The van der Waals surface area contributed by atoms with Crippen molar-refractivity contribution in [3.63, 3.8) is 0 Å². The molecular formula is C23H18N4O3S2. The Morgan fingerprint density at radius 3 is 2.50 bits per heavy atom. The summed E-state index contributed by atoms with van der Waals surface area (Å²) >= 11 is 2.99. The van der Waals surface area contributed by atoms with E-state index in [0.29, 0.717) is 22.9 Å². The molecule has 32 heavy (non-hydrogen) atoms. The number of hydrogen-bond acceptors (Lipinski definition) is 7. The first-order chi connectivity index (χ1) is 15.6. The van der Waals surface area contributed by atoms with Crippen molar-refractivity contribution in [2.24, 2.45) is 0 Å². The van der Waals surface area contributed by atoms with Crippen molar-refractivity contribution < 1.29 is 14.3 Å². The minimum absolute atomic E-state index is 0.261. The van der Waals surface area contributed by atoms with Crippen molar-refractivity contribution in [3.8, 4) is 33.3 Å². The summed E-state index contributed by atoms with van der Waals surface area (Å²) in [5.41, 5.74) is 3.80. The molecule has 0 aliphatic rings. The van der Waals surface area contributed by atoms with Crippen molar-refractivity contribution >= 4 is 39.2 Å². The summed E-state index contributed by atoms with van der Waals surface area (Å²) in [6, 6.07) is 13.2. The molecule has 5 aromatic rings. The molecule has 0 bridgehead atoms. The molecule has 0 radical (unpaired) electrons. The van der Waals surface area contributed by atoms with Gasteiger partial charge in [0.25, 0.3) is 5.91 Å². The highest BCUT2D eigenvalue weighted by molar-refractivity contribution is 7.15. The van der Waals surface area contributed by atoms with Crippen LogP contribution >= 0.6 is 22.7 Å². The predicted molar refractivity (Wildman–Crippen MR) is 127 cm³/mol. The number of nitrogens with one attached hydrogen (secondary N) is 1. The van der Waals surface area contributed by atoms with Gasteiger partial charge in [0.2, 0.25) is 0 Å². The zero-order valence-corrected chi connectivity index (χ0v) is 18.9. The van der Waals surface area contributed by atoms with Gasteiger partial charge in [-0.25, -0.2) is 9.97 Å². The first-order valence-corrected chi connectivity index (χ1v) is 11.4. The molecule has 9 heteroatoms. The number of fused-ring (bicyclic) bond motifs is 1. The van der Waals surface area contributed by atoms with E-state index in [2.05, 4.69) is 15.3 Å². The monoisotopic (exact) mass is 462 g/mol. The summed E-state index contributed by atoms with van der Waals surface area (Å²) < 4.78 is 12.6. The highest BCUT2D eigenvalue weighted by Gasteiger charge is 2.14. The second-order valence-corrected chi connectivity index (χ2v) is 8.59. The second kappa shape index (κ2) is 8.45. The molecule has 0 spiro atoms. The number of amides is 1. The number of thiazole rings is 2. The summed E-state index contributed by atoms with van der Waals surface area (Å²) in [7, 11) is 3.18. The number of rotatable bonds is 6. The Hall–Kier alpha value is -3.69. The van der Waals surface area contributed by atoms with E-state index in [9.17, 15) is 4.79 Å². The maximum Gasteiger partial charge on any atom is 0.275 e. The fraction of sp³-hybridized carbons (Fsp3) is 0.0870. The Bertz CT molecular complexity index is 1370. The predicted octanol–water partition coefficient (Wildman–Crippen LogP) is 5.46. The number of carbonyl (C=O) groups excluding carboxylic acids is 1. The molecule has 160 valence electrons. The molecule has 0 saturated carbocycles. The second-order valence-electron chi connectivity index (χ2n) is 6.86. The number of ether oxygens (including phenoxy) is 2. The van der Waals surface area contributed by atoms with Gasteiger partial charge in [-0.1, -0.05) is 12.1 Å². The van der Waals surface area contributed by atoms with Gasteiger partial charge in [-0.05, 0) is 30.3 Å². The average molecular weight is 463 g/mol. The van der Waals surface area contributed by atoms with E-state index in [4.69, 9.17) is 9.47 Å². The standard InChI is InChI=1S/C23H18N4O3S2/c1-29-19-8-5-15(11-20(19)30-2)22-25-18(13-32-22)21(28)24-16-6-3-14(4-7-16)17-12-27-9-10-31-23(27)26-17/h3-13H,1-2H3,(H,24,28). The lowest BCUT2D eigenvalue weighted by Crippen LogP contribution is -2.12. The number of hydrogen-bond donors (Lipinski definition) is 1. The molecule has 0 aliphatic carbocycles. The van der Waals surface area contributed by atoms with Crippen molar-refractivity contribution in [3.05, 3.63) is 71.3 Å². The van der Waals surface area contributed by atoms with Crippen LogP contribution in [0.25, 0.3) is 26.8 Å². The topological polar surface area (TPSA) is 77.8 Å². The minimum Gasteiger partial charge on any atom is -0.493 e. The highest BCUT2D eigenvalue weighted by Crippen LogP contribution is 2.33. The van der Waals surface area contributed by atoms with E-state index in [1.807, 2.05) is 64.6 Å². The van der Waals surface area contributed by atoms with E-state index >= 15 is 0 Å². The number of anilines is 1. The molecular weight excluding hydrogens is 444 g/mol. The third-order valence-corrected chi connectivity index (χ3v) is 6.56. The van der Waals surface area contributed by atoms with Crippen LogP contribution in [0.4, 0.5) is 5.69 Å². The first-order valence-electron chi connectivity index (χ1n) is 9.66. The molecule has 5 rings (SSSR count). The quantitative estimate of drug-likeness (QED) is 0.363. The molecule has 1 amide bonds. The number of nitrogens with zero attached hydrogens (tertiary/aromatic N) is 3. The molecule has 0 fully saturated rings. The summed E-state index contributed by atoms with van der Waals surface area (Å²) in [5.74, 6) is 0.997. The average Bonchev–Trinajstić information content (AvgIpc) is 3.55. The number of carbonyl (C=O) groups is 1. The van der Waals surface area contributed by atoms with Crippen LogP contribution in [0.5, 0.6) is 11.5 Å². The van der Waals surface area contributed by atoms with Gasteiger partial charge in [0, 0.05) is 40.0 Å². The Kier molecular flexibility index (Phi) is 5.34. The first kappa shape index (κ1) is 20.2. The van der Waals surface area contributed by atoms with Crippen LogP contribution in [0, 0.1) is 0 Å². The summed E-state index contributed by atoms with van der Waals surface area (Å²) in [6.07, 6.45) is 3.97. The zero-order valence-electron chi connectivity index (χ0n) is 17.2. The summed E-state index contributed by atoms with van der Waals surface area (Å²) in [4.78, 5) is 22.7. The van der Waals surface area contributed by atoms with E-state index in [1.54, 1.807) is 30.9 Å². The maximum absolute atomic E-state index is 12.7. The third kappa shape index (κ3) is 3.83. The van der Waals surface area contributed by atoms with Gasteiger partial charge in [0.15, 0.2) is 16.5 Å². The van der Waals surface area contributed by atoms with Gasteiger partial charge >= 0.3 is 0 Å². The van der Waals surface area contributed by atoms with Gasteiger partial charge in [-0.2, -0.15) is 0 Å². The summed E-state index contributed by atoms with van der Waals surface area (Å²) in [5, 5.41) is 7.37. The SMILES string of the molecule is COc1ccc(-c2nc(C(=O)Nc3ccc(-c4cn5ccsc5n4)cc3)cs2)cc1OC. The number of imidazole rings is 1. The van der Waals surface area contributed by atoms with Gasteiger partial charge in [0.1, 0.15) is 10.7 Å². The van der Waals surface area contributed by atoms with Gasteiger partial charge in [-0.3, -0.25) is 9.20 Å². The third-order valence-electron chi connectivity index (χ3n) is 4.90. The fourth-order valence-corrected chi connectivity index (χ4v) is 4.76. The van der Waals surface area contributed by atoms with E-state index in [-0.39, 0.29) is 5.91 Å². The Labute approximate surface area is 191 Å². The lowest BCUT2D eigenvalue weighted by Gasteiger charge is -2.08. The summed E-state index contributed by atoms with van der Waals surface area (Å²) in [6.45, 7) is 0. The lowest BCUT2D eigenvalue weighted by atomic mass is 10.1. The minimum atomic E-state index is -0.261. The normalized spacial score (nSPS) is 10.9. The van der Waals surface area contributed by atoms with Crippen molar-refractivity contribution in [1.29, 1.82) is 0 Å². The van der Waals surface area contributed by atoms with E-state index in [0.717, 1.165) is 26.8 Å². The fourth-order valence-electron chi connectivity index (χ4n) is 3.27. The molecule has 3 aromatic heterocycles. The van der Waals surface area contributed by atoms with Crippen LogP contribution < -0.4 is 14.8 Å².